The number of amides is 1. The van der Waals surface area contributed by atoms with E-state index >= 15 is 0 Å². The van der Waals surface area contributed by atoms with Gasteiger partial charge < -0.3 is 20.1 Å². The summed E-state index contributed by atoms with van der Waals surface area (Å²) in [6.45, 7) is 5.90. The molecule has 2 aromatic rings. The number of piperidine rings is 1. The van der Waals surface area contributed by atoms with E-state index < -0.39 is 0 Å². The van der Waals surface area contributed by atoms with Crippen LogP contribution in [0.2, 0.25) is 0 Å². The molecule has 0 aliphatic carbocycles. The fourth-order valence-corrected chi connectivity index (χ4v) is 3.58. The molecule has 1 amide bonds. The Morgan fingerprint density at radius 1 is 1.03 bits per heavy atom. The first-order valence-electron chi connectivity index (χ1n) is 10.1. The van der Waals surface area contributed by atoms with Crippen molar-refractivity contribution in [3.63, 3.8) is 0 Å². The molecule has 1 atom stereocenters. The number of nitrogens with two attached hydrogens (primary N) is 1. The van der Waals surface area contributed by atoms with Crippen LogP contribution in [0.5, 0.6) is 11.5 Å². The summed E-state index contributed by atoms with van der Waals surface area (Å²) in [5.74, 6) is 0.739. The van der Waals surface area contributed by atoms with Gasteiger partial charge in [-0.05, 0) is 51.0 Å². The summed E-state index contributed by atoms with van der Waals surface area (Å²) in [4.78, 5) is 28.1. The zero-order chi connectivity index (χ0) is 20.8. The number of ketones is 1. The third kappa shape index (κ3) is 4.77. The van der Waals surface area contributed by atoms with E-state index in [0.29, 0.717) is 54.5 Å². The predicted octanol–water partition coefficient (Wildman–Crippen LogP) is 3.28. The minimum Gasteiger partial charge on any atom is -0.490 e. The Balaban J connectivity index is 1.92. The third-order valence-corrected chi connectivity index (χ3v) is 4.95. The number of rotatable bonds is 7. The van der Waals surface area contributed by atoms with Gasteiger partial charge in [-0.15, -0.1) is 0 Å². The fraction of sp³-hybridized carbons (Fsp3) is 0.391. The van der Waals surface area contributed by atoms with Crippen LogP contribution >= 0.6 is 0 Å². The SMILES string of the molecule is CCOc1ccc(C(=O)c2ccccc2C(=O)N2CCC[C@H](N)C2)cc1OCC. The average molecular weight is 396 g/mol. The summed E-state index contributed by atoms with van der Waals surface area (Å²) < 4.78 is 11.2. The van der Waals surface area contributed by atoms with Gasteiger partial charge >= 0.3 is 0 Å². The van der Waals surface area contributed by atoms with Crippen LogP contribution in [-0.2, 0) is 0 Å². The van der Waals surface area contributed by atoms with Crippen molar-refractivity contribution >= 4 is 11.7 Å². The minimum absolute atomic E-state index is 0.0181. The lowest BCUT2D eigenvalue weighted by atomic mass is 9.96. The van der Waals surface area contributed by atoms with Crippen molar-refractivity contribution in [1.29, 1.82) is 0 Å². The van der Waals surface area contributed by atoms with Gasteiger partial charge in [0, 0.05) is 30.3 Å². The number of ether oxygens (including phenoxy) is 2. The maximum atomic E-state index is 13.3. The van der Waals surface area contributed by atoms with Crippen molar-refractivity contribution in [3.05, 3.63) is 59.2 Å². The highest BCUT2D eigenvalue weighted by Gasteiger charge is 2.26. The standard InChI is InChI=1S/C23H28N2O4/c1-3-28-20-12-11-16(14-21(20)29-4-2)22(26)18-9-5-6-10-19(18)23(27)25-13-7-8-17(24)15-25/h5-6,9-12,14,17H,3-4,7-8,13,15,24H2,1-2H3/t17-/m0/s1. The van der Waals surface area contributed by atoms with E-state index in [1.807, 2.05) is 13.8 Å². The smallest absolute Gasteiger partial charge is 0.254 e. The quantitative estimate of drug-likeness (QED) is 0.727. The van der Waals surface area contributed by atoms with E-state index in [2.05, 4.69) is 0 Å². The van der Waals surface area contributed by atoms with Crippen LogP contribution in [0, 0.1) is 0 Å². The Hall–Kier alpha value is -2.86. The van der Waals surface area contributed by atoms with E-state index in [9.17, 15) is 9.59 Å². The molecule has 154 valence electrons. The Labute approximate surface area is 171 Å². The molecule has 0 aromatic heterocycles. The van der Waals surface area contributed by atoms with Crippen molar-refractivity contribution in [3.8, 4) is 11.5 Å². The van der Waals surface area contributed by atoms with Crippen LogP contribution < -0.4 is 15.2 Å². The third-order valence-electron chi connectivity index (χ3n) is 4.95. The molecule has 1 saturated heterocycles. The van der Waals surface area contributed by atoms with Gasteiger partial charge in [-0.25, -0.2) is 0 Å². The second-order valence-electron chi connectivity index (χ2n) is 7.06. The molecule has 0 bridgehead atoms. The lowest BCUT2D eigenvalue weighted by molar-refractivity contribution is 0.0705. The number of carbonyl (C=O) groups is 2. The zero-order valence-electron chi connectivity index (χ0n) is 17.0. The molecule has 0 radical (unpaired) electrons. The number of likely N-dealkylation sites (tertiary alicyclic amines) is 1. The molecule has 1 aliphatic heterocycles. The maximum Gasteiger partial charge on any atom is 0.254 e. The number of nitrogens with zero attached hydrogens (tertiary/aromatic N) is 1. The lowest BCUT2D eigenvalue weighted by Gasteiger charge is -2.31. The first-order valence-corrected chi connectivity index (χ1v) is 10.1. The molecule has 2 N–H and O–H groups in total. The maximum absolute atomic E-state index is 13.3. The van der Waals surface area contributed by atoms with Gasteiger partial charge in [-0.2, -0.15) is 0 Å². The molecule has 1 fully saturated rings. The largest absolute Gasteiger partial charge is 0.490 e. The van der Waals surface area contributed by atoms with E-state index in [1.54, 1.807) is 47.4 Å². The highest BCUT2D eigenvalue weighted by atomic mass is 16.5. The summed E-state index contributed by atoms with van der Waals surface area (Å²) in [7, 11) is 0. The van der Waals surface area contributed by atoms with Crippen LogP contribution in [-0.4, -0.2) is 48.9 Å². The van der Waals surface area contributed by atoms with Crippen LogP contribution in [0.25, 0.3) is 0 Å². The number of carbonyl (C=O) groups excluding carboxylic acids is 2. The highest BCUT2D eigenvalue weighted by molar-refractivity contribution is 6.15. The fourth-order valence-electron chi connectivity index (χ4n) is 3.58. The van der Waals surface area contributed by atoms with E-state index in [0.717, 1.165) is 12.8 Å². The summed E-state index contributed by atoms with van der Waals surface area (Å²) in [6, 6.07) is 12.0. The number of benzene rings is 2. The van der Waals surface area contributed by atoms with Crippen LogP contribution in [0.15, 0.2) is 42.5 Å². The molecule has 0 unspecified atom stereocenters. The molecule has 3 rings (SSSR count). The Kier molecular flexibility index (Phi) is 6.88. The first kappa shape index (κ1) is 20.9. The van der Waals surface area contributed by atoms with Gasteiger partial charge in [0.1, 0.15) is 0 Å². The van der Waals surface area contributed by atoms with E-state index in [4.69, 9.17) is 15.2 Å². The van der Waals surface area contributed by atoms with E-state index in [-0.39, 0.29) is 17.7 Å². The number of hydrogen-bond donors (Lipinski definition) is 1. The van der Waals surface area contributed by atoms with Crippen molar-refractivity contribution in [2.75, 3.05) is 26.3 Å². The van der Waals surface area contributed by atoms with Crippen LogP contribution in [0.4, 0.5) is 0 Å². The number of hydrogen-bond acceptors (Lipinski definition) is 5. The lowest BCUT2D eigenvalue weighted by Crippen LogP contribution is -2.46. The highest BCUT2D eigenvalue weighted by Crippen LogP contribution is 2.30. The molecule has 2 aromatic carbocycles. The zero-order valence-corrected chi connectivity index (χ0v) is 17.0. The summed E-state index contributed by atoms with van der Waals surface area (Å²) in [5.41, 5.74) is 7.26. The molecular formula is C23H28N2O4. The van der Waals surface area contributed by atoms with Crippen LogP contribution in [0.1, 0.15) is 53.0 Å². The Morgan fingerprint density at radius 2 is 1.72 bits per heavy atom. The topological polar surface area (TPSA) is 81.9 Å². The predicted molar refractivity (Wildman–Crippen MR) is 112 cm³/mol. The molecule has 6 heteroatoms. The summed E-state index contributed by atoms with van der Waals surface area (Å²) in [5, 5.41) is 0. The van der Waals surface area contributed by atoms with Gasteiger partial charge in [0.15, 0.2) is 17.3 Å². The van der Waals surface area contributed by atoms with Crippen molar-refractivity contribution < 1.29 is 19.1 Å². The molecule has 0 saturated carbocycles. The molecule has 0 spiro atoms. The average Bonchev–Trinajstić information content (AvgIpc) is 2.74. The van der Waals surface area contributed by atoms with Crippen molar-refractivity contribution in [2.24, 2.45) is 5.73 Å². The van der Waals surface area contributed by atoms with Crippen LogP contribution in [0.3, 0.4) is 0 Å². The Bertz CT molecular complexity index is 881. The first-order chi connectivity index (χ1) is 14.0. The normalized spacial score (nSPS) is 16.4. The van der Waals surface area contributed by atoms with Gasteiger partial charge in [0.25, 0.3) is 5.91 Å². The molecule has 29 heavy (non-hydrogen) atoms. The minimum atomic E-state index is -0.223. The van der Waals surface area contributed by atoms with Crippen molar-refractivity contribution in [2.45, 2.75) is 32.7 Å². The summed E-state index contributed by atoms with van der Waals surface area (Å²) in [6.07, 6.45) is 1.79. The molecular weight excluding hydrogens is 368 g/mol. The second kappa shape index (κ2) is 9.56. The van der Waals surface area contributed by atoms with E-state index in [1.165, 1.54) is 0 Å². The van der Waals surface area contributed by atoms with Crippen molar-refractivity contribution in [1.82, 2.24) is 4.90 Å². The Morgan fingerprint density at radius 3 is 2.41 bits per heavy atom. The van der Waals surface area contributed by atoms with Gasteiger partial charge in [0.05, 0.1) is 18.8 Å². The van der Waals surface area contributed by atoms with Gasteiger partial charge in [0.2, 0.25) is 0 Å². The van der Waals surface area contributed by atoms with Gasteiger partial charge in [-0.3, -0.25) is 9.59 Å². The molecule has 1 aliphatic rings. The summed E-state index contributed by atoms with van der Waals surface area (Å²) >= 11 is 0. The monoisotopic (exact) mass is 396 g/mol. The molecule has 6 nitrogen and oxygen atoms in total. The second-order valence-corrected chi connectivity index (χ2v) is 7.06. The molecule has 1 heterocycles. The van der Waals surface area contributed by atoms with Gasteiger partial charge in [-0.1, -0.05) is 18.2 Å².